The molecule has 2 fully saturated rings. The number of likely N-dealkylation sites (tertiary alicyclic amines) is 1. The average molecular weight is 339 g/mol. The number of aryl methyl sites for hydroxylation is 1. The molecule has 2 aliphatic heterocycles. The molecule has 0 saturated carbocycles. The predicted octanol–water partition coefficient (Wildman–Crippen LogP) is 0.990. The van der Waals surface area contributed by atoms with Gasteiger partial charge in [-0.05, 0) is 19.9 Å². The van der Waals surface area contributed by atoms with E-state index in [1.165, 1.54) is 6.07 Å². The Morgan fingerprint density at radius 2 is 1.84 bits per heavy atom. The number of hydrogen-bond acceptors (Lipinski definition) is 5. The molecule has 2 aromatic heterocycles. The molecule has 1 N–H and O–H groups in total. The fourth-order valence-electron chi connectivity index (χ4n) is 3.92. The maximum atomic E-state index is 12.6. The number of anilines is 1. The number of fused-ring (bicyclic) bond motifs is 1. The van der Waals surface area contributed by atoms with Gasteiger partial charge in [0, 0.05) is 55.3 Å². The third-order valence-corrected chi connectivity index (χ3v) is 5.38. The second-order valence-electron chi connectivity index (χ2n) is 6.97. The van der Waals surface area contributed by atoms with Crippen molar-refractivity contribution in [2.45, 2.75) is 13.8 Å². The highest BCUT2D eigenvalue weighted by atomic mass is 16.2. The Hall–Kier alpha value is -2.70. The van der Waals surface area contributed by atoms with E-state index in [-0.39, 0.29) is 11.5 Å². The number of H-pyrrole nitrogens is 1. The van der Waals surface area contributed by atoms with Crippen molar-refractivity contribution in [1.29, 1.82) is 0 Å². The minimum Gasteiger partial charge on any atom is -0.356 e. The van der Waals surface area contributed by atoms with Gasteiger partial charge >= 0.3 is 0 Å². The second kappa shape index (κ2) is 5.98. The Balaban J connectivity index is 1.46. The summed E-state index contributed by atoms with van der Waals surface area (Å²) in [7, 11) is 0. The van der Waals surface area contributed by atoms with Gasteiger partial charge < -0.3 is 14.8 Å². The Morgan fingerprint density at radius 1 is 1.12 bits per heavy atom. The van der Waals surface area contributed by atoms with Gasteiger partial charge in [0.2, 0.25) is 5.56 Å². The number of carbonyl (C=O) groups excluding carboxylic acids is 1. The Labute approximate surface area is 145 Å². The second-order valence-corrected chi connectivity index (χ2v) is 6.97. The Morgan fingerprint density at radius 3 is 2.52 bits per heavy atom. The minimum absolute atomic E-state index is 0.0901. The van der Waals surface area contributed by atoms with Crippen LogP contribution in [0.15, 0.2) is 29.3 Å². The summed E-state index contributed by atoms with van der Waals surface area (Å²) in [6, 6.07) is 4.70. The summed E-state index contributed by atoms with van der Waals surface area (Å²) in [5.41, 5.74) is 2.25. The molecule has 7 nitrogen and oxygen atoms in total. The topological polar surface area (TPSA) is 82.2 Å². The van der Waals surface area contributed by atoms with Crippen molar-refractivity contribution in [2.24, 2.45) is 11.8 Å². The zero-order valence-corrected chi connectivity index (χ0v) is 14.4. The molecule has 0 spiro atoms. The van der Waals surface area contributed by atoms with Crippen LogP contribution in [0.4, 0.5) is 5.82 Å². The number of rotatable bonds is 2. The van der Waals surface area contributed by atoms with Crippen LogP contribution >= 0.6 is 0 Å². The molecule has 25 heavy (non-hydrogen) atoms. The van der Waals surface area contributed by atoms with E-state index in [0.29, 0.717) is 17.5 Å². The summed E-state index contributed by atoms with van der Waals surface area (Å²) in [5, 5.41) is 0. The molecular formula is C18H21N5O2. The fraction of sp³-hybridized carbons (Fsp3) is 0.444. The van der Waals surface area contributed by atoms with Gasteiger partial charge in [-0.3, -0.25) is 9.59 Å². The van der Waals surface area contributed by atoms with E-state index < -0.39 is 0 Å². The van der Waals surface area contributed by atoms with E-state index in [0.717, 1.165) is 43.3 Å². The zero-order valence-electron chi connectivity index (χ0n) is 14.4. The molecule has 130 valence electrons. The van der Waals surface area contributed by atoms with Crippen LogP contribution in [0.25, 0.3) is 0 Å². The summed E-state index contributed by atoms with van der Waals surface area (Å²) in [5.74, 6) is 1.79. The molecule has 0 aliphatic carbocycles. The van der Waals surface area contributed by atoms with Gasteiger partial charge in [-0.15, -0.1) is 0 Å². The van der Waals surface area contributed by atoms with Crippen LogP contribution in [0.2, 0.25) is 0 Å². The number of nitrogens with one attached hydrogen (secondary N) is 1. The fourth-order valence-corrected chi connectivity index (χ4v) is 3.92. The first kappa shape index (κ1) is 15.8. The van der Waals surface area contributed by atoms with Gasteiger partial charge in [-0.1, -0.05) is 6.07 Å². The average Bonchev–Trinajstić information content (AvgIpc) is 3.15. The van der Waals surface area contributed by atoms with Crippen LogP contribution < -0.4 is 10.5 Å². The van der Waals surface area contributed by atoms with Crippen molar-refractivity contribution in [1.82, 2.24) is 19.9 Å². The number of pyridine rings is 1. The Kier molecular flexibility index (Phi) is 3.78. The van der Waals surface area contributed by atoms with Crippen LogP contribution in [0.5, 0.6) is 0 Å². The number of nitrogens with zero attached hydrogens (tertiary/aromatic N) is 4. The normalized spacial score (nSPS) is 22.3. The third kappa shape index (κ3) is 2.79. The van der Waals surface area contributed by atoms with Crippen LogP contribution in [0, 0.1) is 25.7 Å². The van der Waals surface area contributed by atoms with Gasteiger partial charge in [0.05, 0.1) is 0 Å². The molecule has 0 bridgehead atoms. The summed E-state index contributed by atoms with van der Waals surface area (Å²) in [6.07, 6.45) is 1.62. The standard InChI is InChI=1S/C18H21N5O2/c1-11-12(2)19-10-20-17(11)22-6-13-8-23(9-14(13)7-22)18(25)15-4-3-5-16(24)21-15/h3-5,10,13-14H,6-9H2,1-2H3,(H,21,24). The first-order chi connectivity index (χ1) is 12.0. The third-order valence-electron chi connectivity index (χ3n) is 5.38. The molecule has 7 heteroatoms. The number of aromatic amines is 1. The molecule has 2 aromatic rings. The molecule has 2 unspecified atom stereocenters. The minimum atomic E-state index is -0.244. The summed E-state index contributed by atoms with van der Waals surface area (Å²) >= 11 is 0. The number of hydrogen-bond donors (Lipinski definition) is 1. The SMILES string of the molecule is Cc1ncnc(N2CC3CN(C(=O)c4cccc(=O)[nH]4)CC3C2)c1C. The lowest BCUT2D eigenvalue weighted by Gasteiger charge is -2.23. The van der Waals surface area contributed by atoms with Crippen molar-refractivity contribution in [3.05, 3.63) is 51.8 Å². The summed E-state index contributed by atoms with van der Waals surface area (Å²) in [6.45, 7) is 7.30. The molecule has 4 heterocycles. The lowest BCUT2D eigenvalue weighted by molar-refractivity contribution is 0.0776. The van der Waals surface area contributed by atoms with Crippen molar-refractivity contribution in [3.63, 3.8) is 0 Å². The molecule has 0 aromatic carbocycles. The lowest BCUT2D eigenvalue weighted by atomic mass is 10.0. The van der Waals surface area contributed by atoms with Gasteiger partial charge in [0.15, 0.2) is 0 Å². The van der Waals surface area contributed by atoms with Crippen LogP contribution in [-0.4, -0.2) is 51.9 Å². The van der Waals surface area contributed by atoms with E-state index in [1.54, 1.807) is 18.5 Å². The van der Waals surface area contributed by atoms with Crippen molar-refractivity contribution >= 4 is 11.7 Å². The van der Waals surface area contributed by atoms with Crippen LogP contribution in [0.3, 0.4) is 0 Å². The van der Waals surface area contributed by atoms with E-state index >= 15 is 0 Å². The van der Waals surface area contributed by atoms with E-state index in [1.807, 2.05) is 11.8 Å². The van der Waals surface area contributed by atoms with Crippen molar-refractivity contribution in [2.75, 3.05) is 31.1 Å². The highest BCUT2D eigenvalue weighted by Gasteiger charge is 2.42. The first-order valence-electron chi connectivity index (χ1n) is 8.54. The maximum Gasteiger partial charge on any atom is 0.270 e. The molecule has 2 saturated heterocycles. The molecule has 2 aliphatic rings. The number of amides is 1. The zero-order chi connectivity index (χ0) is 17.6. The van der Waals surface area contributed by atoms with Crippen molar-refractivity contribution in [3.8, 4) is 0 Å². The number of carbonyl (C=O) groups is 1. The number of aromatic nitrogens is 3. The first-order valence-corrected chi connectivity index (χ1v) is 8.54. The van der Waals surface area contributed by atoms with Gasteiger partial charge in [0.25, 0.3) is 5.91 Å². The van der Waals surface area contributed by atoms with Gasteiger partial charge in [-0.2, -0.15) is 0 Å². The molecule has 4 rings (SSSR count). The molecule has 2 atom stereocenters. The van der Waals surface area contributed by atoms with Crippen molar-refractivity contribution < 1.29 is 4.79 Å². The van der Waals surface area contributed by atoms with Crippen LogP contribution in [-0.2, 0) is 0 Å². The largest absolute Gasteiger partial charge is 0.356 e. The smallest absolute Gasteiger partial charge is 0.270 e. The predicted molar refractivity (Wildman–Crippen MR) is 93.7 cm³/mol. The molecule has 1 amide bonds. The Bertz CT molecular complexity index is 864. The van der Waals surface area contributed by atoms with E-state index in [9.17, 15) is 9.59 Å². The lowest BCUT2D eigenvalue weighted by Crippen LogP contribution is -2.34. The quantitative estimate of drug-likeness (QED) is 0.882. The molecular weight excluding hydrogens is 318 g/mol. The van der Waals surface area contributed by atoms with Crippen LogP contribution in [0.1, 0.15) is 21.7 Å². The monoisotopic (exact) mass is 339 g/mol. The molecule has 0 radical (unpaired) electrons. The van der Waals surface area contributed by atoms with E-state index in [2.05, 4.69) is 26.8 Å². The summed E-state index contributed by atoms with van der Waals surface area (Å²) < 4.78 is 0. The van der Waals surface area contributed by atoms with Gasteiger partial charge in [0.1, 0.15) is 17.8 Å². The summed E-state index contributed by atoms with van der Waals surface area (Å²) in [4.78, 5) is 39.5. The highest BCUT2D eigenvalue weighted by Crippen LogP contribution is 2.34. The van der Waals surface area contributed by atoms with Gasteiger partial charge in [-0.25, -0.2) is 9.97 Å². The van der Waals surface area contributed by atoms with E-state index in [4.69, 9.17) is 0 Å². The maximum absolute atomic E-state index is 12.6. The highest BCUT2D eigenvalue weighted by molar-refractivity contribution is 5.92.